The number of thiophene rings is 1. The maximum Gasteiger partial charge on any atom is 0.416 e. The van der Waals surface area contributed by atoms with Crippen molar-refractivity contribution in [2.75, 3.05) is 5.32 Å². The van der Waals surface area contributed by atoms with Gasteiger partial charge in [0.15, 0.2) is 0 Å². The summed E-state index contributed by atoms with van der Waals surface area (Å²) in [4.78, 5) is 17.6. The molecule has 1 amide bonds. The molecule has 1 N–H and O–H groups in total. The summed E-state index contributed by atoms with van der Waals surface area (Å²) in [6, 6.07) is 11.5. The van der Waals surface area contributed by atoms with Crippen LogP contribution in [0.2, 0.25) is 0 Å². The van der Waals surface area contributed by atoms with Gasteiger partial charge in [0.05, 0.1) is 21.5 Å². The Balaban J connectivity index is 1.70. The van der Waals surface area contributed by atoms with E-state index < -0.39 is 35.1 Å². The van der Waals surface area contributed by atoms with Crippen molar-refractivity contribution in [3.05, 3.63) is 70.6 Å². The van der Waals surface area contributed by atoms with Crippen molar-refractivity contribution in [1.29, 1.82) is 0 Å². The van der Waals surface area contributed by atoms with E-state index in [-0.39, 0.29) is 10.9 Å². The Morgan fingerprint density at radius 2 is 1.47 bits per heavy atom. The summed E-state index contributed by atoms with van der Waals surface area (Å²) in [5, 5.41) is 3.61. The monoisotopic (exact) mass is 440 g/mol. The summed E-state index contributed by atoms with van der Waals surface area (Å²) in [5.41, 5.74) is -2.90. The van der Waals surface area contributed by atoms with Gasteiger partial charge in [-0.25, -0.2) is 4.98 Å². The number of anilines is 1. The van der Waals surface area contributed by atoms with E-state index >= 15 is 0 Å². The van der Waals surface area contributed by atoms with Crippen molar-refractivity contribution in [1.82, 2.24) is 4.98 Å². The van der Waals surface area contributed by atoms with Crippen LogP contribution in [0.4, 0.5) is 32.0 Å². The molecule has 0 fully saturated rings. The van der Waals surface area contributed by atoms with Gasteiger partial charge in [0.1, 0.15) is 4.83 Å². The van der Waals surface area contributed by atoms with Crippen LogP contribution in [0.1, 0.15) is 20.8 Å². The minimum Gasteiger partial charge on any atom is -0.321 e. The minimum atomic E-state index is -5.00. The highest BCUT2D eigenvalue weighted by molar-refractivity contribution is 7.20. The SMILES string of the molecule is O=C(Nc1cc(C(F)(F)F)cc(C(F)(F)F)c1)c1cc2cc3ccccc3nc2s1. The summed E-state index contributed by atoms with van der Waals surface area (Å²) >= 11 is 0.991. The van der Waals surface area contributed by atoms with Gasteiger partial charge < -0.3 is 5.32 Å². The number of hydrogen-bond donors (Lipinski definition) is 1. The molecule has 2 aromatic heterocycles. The third-order valence-electron chi connectivity index (χ3n) is 4.28. The summed E-state index contributed by atoms with van der Waals surface area (Å²) < 4.78 is 77.9. The summed E-state index contributed by atoms with van der Waals surface area (Å²) in [6.45, 7) is 0. The van der Waals surface area contributed by atoms with Crippen molar-refractivity contribution in [2.24, 2.45) is 0 Å². The highest BCUT2D eigenvalue weighted by Crippen LogP contribution is 2.38. The Morgan fingerprint density at radius 3 is 2.10 bits per heavy atom. The number of fused-ring (bicyclic) bond motifs is 2. The molecule has 0 saturated heterocycles. The average molecular weight is 440 g/mol. The Bertz CT molecular complexity index is 1190. The fraction of sp³-hybridized carbons (Fsp3) is 0.100. The molecule has 0 radical (unpaired) electrons. The Kier molecular flexibility index (Phi) is 4.69. The number of halogens is 6. The molecule has 2 heterocycles. The van der Waals surface area contributed by atoms with Gasteiger partial charge in [0, 0.05) is 16.5 Å². The summed E-state index contributed by atoms with van der Waals surface area (Å²) in [6.07, 6.45) is -10.00. The van der Waals surface area contributed by atoms with Gasteiger partial charge in [-0.05, 0) is 36.4 Å². The molecule has 0 aliphatic rings. The van der Waals surface area contributed by atoms with Crippen molar-refractivity contribution in [2.45, 2.75) is 12.4 Å². The van der Waals surface area contributed by atoms with E-state index in [0.717, 1.165) is 16.7 Å². The fourth-order valence-corrected chi connectivity index (χ4v) is 3.82. The lowest BCUT2D eigenvalue weighted by atomic mass is 10.1. The minimum absolute atomic E-state index is 0.00453. The number of rotatable bonds is 2. The van der Waals surface area contributed by atoms with E-state index in [1.807, 2.05) is 12.1 Å². The predicted molar refractivity (Wildman–Crippen MR) is 102 cm³/mol. The summed E-state index contributed by atoms with van der Waals surface area (Å²) in [5.74, 6) is -0.825. The smallest absolute Gasteiger partial charge is 0.321 e. The third kappa shape index (κ3) is 3.95. The summed E-state index contributed by atoms with van der Waals surface area (Å²) in [7, 11) is 0. The molecule has 4 rings (SSSR count). The molecule has 4 aromatic rings. The van der Waals surface area contributed by atoms with Gasteiger partial charge in [-0.3, -0.25) is 4.79 Å². The Hall–Kier alpha value is -3.14. The maximum absolute atomic E-state index is 13.0. The molecule has 154 valence electrons. The molecule has 3 nitrogen and oxygen atoms in total. The third-order valence-corrected chi connectivity index (χ3v) is 5.32. The lowest BCUT2D eigenvalue weighted by molar-refractivity contribution is -0.143. The maximum atomic E-state index is 13.0. The first-order valence-corrected chi connectivity index (χ1v) is 9.22. The molecule has 2 aromatic carbocycles. The van der Waals surface area contributed by atoms with Gasteiger partial charge in [0.25, 0.3) is 5.91 Å². The number of carbonyl (C=O) groups excluding carboxylic acids is 1. The molecule has 30 heavy (non-hydrogen) atoms. The van der Waals surface area contributed by atoms with E-state index in [4.69, 9.17) is 0 Å². The van der Waals surface area contributed by atoms with E-state index in [0.29, 0.717) is 27.9 Å². The zero-order valence-electron chi connectivity index (χ0n) is 14.7. The van der Waals surface area contributed by atoms with E-state index in [2.05, 4.69) is 10.3 Å². The van der Waals surface area contributed by atoms with Crippen LogP contribution in [-0.2, 0) is 12.4 Å². The largest absolute Gasteiger partial charge is 0.416 e. The molecule has 0 aliphatic heterocycles. The normalized spacial score (nSPS) is 12.5. The lowest BCUT2D eigenvalue weighted by Crippen LogP contribution is -2.15. The molecule has 0 spiro atoms. The number of amides is 1. The molecular formula is C20H10F6N2OS. The zero-order chi connectivity index (χ0) is 21.7. The molecule has 0 bridgehead atoms. The number of hydrogen-bond acceptors (Lipinski definition) is 3. The molecule has 0 saturated carbocycles. The second kappa shape index (κ2) is 6.98. The van der Waals surface area contributed by atoms with Crippen molar-refractivity contribution in [3.8, 4) is 0 Å². The molecule has 0 aliphatic carbocycles. The molecular weight excluding hydrogens is 430 g/mol. The molecule has 10 heteroatoms. The average Bonchev–Trinajstić information content (AvgIpc) is 3.07. The van der Waals surface area contributed by atoms with Crippen LogP contribution >= 0.6 is 11.3 Å². The van der Waals surface area contributed by atoms with Crippen LogP contribution in [0.25, 0.3) is 21.1 Å². The predicted octanol–water partition coefficient (Wildman–Crippen LogP) is 6.74. The zero-order valence-corrected chi connectivity index (χ0v) is 15.5. The van der Waals surface area contributed by atoms with Crippen molar-refractivity contribution >= 4 is 44.1 Å². The van der Waals surface area contributed by atoms with Crippen LogP contribution < -0.4 is 5.32 Å². The number of nitrogens with zero attached hydrogens (tertiary/aromatic N) is 1. The van der Waals surface area contributed by atoms with Crippen molar-refractivity contribution < 1.29 is 31.1 Å². The number of para-hydroxylation sites is 1. The van der Waals surface area contributed by atoms with Crippen LogP contribution in [0.3, 0.4) is 0 Å². The second-order valence-corrected chi connectivity index (χ2v) is 7.47. The number of carbonyl (C=O) groups is 1. The van der Waals surface area contributed by atoms with Gasteiger partial charge >= 0.3 is 12.4 Å². The Labute approximate surface area is 169 Å². The first-order chi connectivity index (χ1) is 14.0. The van der Waals surface area contributed by atoms with Crippen LogP contribution in [0, 0.1) is 0 Å². The van der Waals surface area contributed by atoms with E-state index in [1.54, 1.807) is 18.2 Å². The van der Waals surface area contributed by atoms with Crippen molar-refractivity contribution in [3.63, 3.8) is 0 Å². The Morgan fingerprint density at radius 1 is 0.833 bits per heavy atom. The van der Waals surface area contributed by atoms with Crippen LogP contribution in [0.5, 0.6) is 0 Å². The number of benzene rings is 2. The highest BCUT2D eigenvalue weighted by Gasteiger charge is 2.37. The number of alkyl halides is 6. The topological polar surface area (TPSA) is 42.0 Å². The number of pyridine rings is 1. The quantitative estimate of drug-likeness (QED) is 0.351. The fourth-order valence-electron chi connectivity index (χ4n) is 2.91. The van der Waals surface area contributed by atoms with Gasteiger partial charge in [-0.15, -0.1) is 11.3 Å². The highest BCUT2D eigenvalue weighted by atomic mass is 32.1. The standard InChI is InChI=1S/C20H10F6N2OS/c21-19(22,23)12-7-13(20(24,25)26)9-14(8-12)27-17(29)16-6-11-5-10-3-1-2-4-15(10)28-18(11)30-16/h1-9H,(H,27,29). The molecule has 0 atom stereocenters. The van der Waals surface area contributed by atoms with Crippen LogP contribution in [0.15, 0.2) is 54.6 Å². The van der Waals surface area contributed by atoms with Gasteiger partial charge in [-0.1, -0.05) is 18.2 Å². The first-order valence-electron chi connectivity index (χ1n) is 8.41. The first kappa shape index (κ1) is 20.1. The van der Waals surface area contributed by atoms with Crippen LogP contribution in [-0.4, -0.2) is 10.9 Å². The number of aromatic nitrogens is 1. The second-order valence-electron chi connectivity index (χ2n) is 6.43. The van der Waals surface area contributed by atoms with Gasteiger partial charge in [-0.2, -0.15) is 26.3 Å². The van der Waals surface area contributed by atoms with E-state index in [1.165, 1.54) is 6.07 Å². The van der Waals surface area contributed by atoms with E-state index in [9.17, 15) is 31.1 Å². The molecule has 0 unspecified atom stereocenters. The number of nitrogens with one attached hydrogen (secondary N) is 1. The van der Waals surface area contributed by atoms with Gasteiger partial charge in [0.2, 0.25) is 0 Å². The lowest BCUT2D eigenvalue weighted by Gasteiger charge is -2.14.